The molecule has 0 amide bonds. The summed E-state index contributed by atoms with van der Waals surface area (Å²) in [6.07, 6.45) is 1.18. The standard InChI is InChI=1S/C17H25N3O/c1-11-17(5,8-9-21-11)20-14-7-6-12(18)10-13(14)19-15(20)16(2,3)4/h6-7,10-11H,8-9,18H2,1-5H3. The fraction of sp³-hybridized carbons (Fsp3) is 0.588. The Kier molecular flexibility index (Phi) is 3.06. The largest absolute Gasteiger partial charge is 0.399 e. The molecule has 0 bridgehead atoms. The maximum Gasteiger partial charge on any atom is 0.115 e. The molecule has 0 radical (unpaired) electrons. The van der Waals surface area contributed by atoms with Crippen LogP contribution in [0.1, 0.15) is 46.9 Å². The maximum atomic E-state index is 5.93. The summed E-state index contributed by atoms with van der Waals surface area (Å²) in [5.41, 5.74) is 8.72. The molecule has 21 heavy (non-hydrogen) atoms. The lowest BCUT2D eigenvalue weighted by Gasteiger charge is -2.34. The minimum atomic E-state index is -0.0620. The van der Waals surface area contributed by atoms with Crippen LogP contribution in [-0.2, 0) is 15.7 Å². The molecule has 1 aromatic carbocycles. The Morgan fingerprint density at radius 3 is 2.67 bits per heavy atom. The van der Waals surface area contributed by atoms with Crippen LogP contribution < -0.4 is 5.73 Å². The number of nitrogens with zero attached hydrogens (tertiary/aromatic N) is 2. The summed E-state index contributed by atoms with van der Waals surface area (Å²) in [5, 5.41) is 0. The van der Waals surface area contributed by atoms with Crippen LogP contribution in [0.15, 0.2) is 18.2 Å². The number of nitrogen functional groups attached to an aromatic ring is 1. The van der Waals surface area contributed by atoms with Crippen LogP contribution in [0.25, 0.3) is 11.0 Å². The van der Waals surface area contributed by atoms with Gasteiger partial charge in [-0.2, -0.15) is 0 Å². The molecule has 114 valence electrons. The van der Waals surface area contributed by atoms with E-state index < -0.39 is 0 Å². The van der Waals surface area contributed by atoms with E-state index in [0.717, 1.165) is 35.6 Å². The highest BCUT2D eigenvalue weighted by atomic mass is 16.5. The number of nitrogens with two attached hydrogens (primary N) is 1. The molecule has 1 saturated heterocycles. The minimum Gasteiger partial charge on any atom is -0.399 e. The highest BCUT2D eigenvalue weighted by Crippen LogP contribution is 2.40. The molecule has 2 N–H and O–H groups in total. The van der Waals surface area contributed by atoms with Crippen molar-refractivity contribution in [3.63, 3.8) is 0 Å². The number of ether oxygens (including phenoxy) is 1. The molecule has 4 heteroatoms. The highest BCUT2D eigenvalue weighted by molar-refractivity contribution is 5.80. The second-order valence-electron chi connectivity index (χ2n) is 7.39. The van der Waals surface area contributed by atoms with Crippen molar-refractivity contribution >= 4 is 16.7 Å². The highest BCUT2D eigenvalue weighted by Gasteiger charge is 2.42. The van der Waals surface area contributed by atoms with Crippen LogP contribution in [0.5, 0.6) is 0 Å². The van der Waals surface area contributed by atoms with Gasteiger partial charge in [-0.05, 0) is 38.5 Å². The van der Waals surface area contributed by atoms with Gasteiger partial charge in [-0.3, -0.25) is 0 Å². The topological polar surface area (TPSA) is 53.1 Å². The van der Waals surface area contributed by atoms with Crippen LogP contribution in [0.3, 0.4) is 0 Å². The van der Waals surface area contributed by atoms with Crippen LogP contribution in [-0.4, -0.2) is 22.3 Å². The third-order valence-electron chi connectivity index (χ3n) is 4.71. The maximum absolute atomic E-state index is 5.93. The van der Waals surface area contributed by atoms with Crippen molar-refractivity contribution < 1.29 is 4.74 Å². The Morgan fingerprint density at radius 2 is 2.10 bits per heavy atom. The van der Waals surface area contributed by atoms with Gasteiger partial charge in [0, 0.05) is 17.7 Å². The average molecular weight is 287 g/mol. The van der Waals surface area contributed by atoms with E-state index >= 15 is 0 Å². The molecule has 0 saturated carbocycles. The van der Waals surface area contributed by atoms with Gasteiger partial charge in [0.25, 0.3) is 0 Å². The molecule has 2 unspecified atom stereocenters. The number of rotatable bonds is 1. The molecular formula is C17H25N3O. The monoisotopic (exact) mass is 287 g/mol. The molecule has 4 nitrogen and oxygen atoms in total. The van der Waals surface area contributed by atoms with Crippen molar-refractivity contribution in [1.29, 1.82) is 0 Å². The van der Waals surface area contributed by atoms with Crippen molar-refractivity contribution in [3.05, 3.63) is 24.0 Å². The second-order valence-corrected chi connectivity index (χ2v) is 7.39. The summed E-state index contributed by atoms with van der Waals surface area (Å²) in [4.78, 5) is 4.90. The average Bonchev–Trinajstić information content (AvgIpc) is 2.91. The Labute approximate surface area is 126 Å². The van der Waals surface area contributed by atoms with Gasteiger partial charge < -0.3 is 15.0 Å². The number of fused-ring (bicyclic) bond motifs is 1. The molecule has 3 rings (SSSR count). The predicted molar refractivity (Wildman–Crippen MR) is 86.5 cm³/mol. The molecule has 0 aliphatic carbocycles. The Hall–Kier alpha value is -1.55. The van der Waals surface area contributed by atoms with Gasteiger partial charge in [0.2, 0.25) is 0 Å². The lowest BCUT2D eigenvalue weighted by Crippen LogP contribution is -2.40. The zero-order valence-electron chi connectivity index (χ0n) is 13.6. The Morgan fingerprint density at radius 1 is 1.38 bits per heavy atom. The summed E-state index contributed by atoms with van der Waals surface area (Å²) < 4.78 is 8.25. The van der Waals surface area contributed by atoms with Gasteiger partial charge in [-0.15, -0.1) is 0 Å². The van der Waals surface area contributed by atoms with Gasteiger partial charge in [0.1, 0.15) is 5.82 Å². The smallest absolute Gasteiger partial charge is 0.115 e. The van der Waals surface area contributed by atoms with Crippen molar-refractivity contribution in [2.45, 2.75) is 58.1 Å². The number of benzene rings is 1. The number of hydrogen-bond acceptors (Lipinski definition) is 3. The van der Waals surface area contributed by atoms with E-state index in [9.17, 15) is 0 Å². The van der Waals surface area contributed by atoms with Gasteiger partial charge in [0.15, 0.2) is 0 Å². The zero-order valence-corrected chi connectivity index (χ0v) is 13.6. The fourth-order valence-corrected chi connectivity index (χ4v) is 3.24. The van der Waals surface area contributed by atoms with Gasteiger partial charge >= 0.3 is 0 Å². The van der Waals surface area contributed by atoms with E-state index in [1.807, 2.05) is 12.1 Å². The summed E-state index contributed by atoms with van der Waals surface area (Å²) in [7, 11) is 0. The molecule has 1 aliphatic rings. The van der Waals surface area contributed by atoms with Gasteiger partial charge in [-0.1, -0.05) is 20.8 Å². The summed E-state index contributed by atoms with van der Waals surface area (Å²) in [6.45, 7) is 11.9. The van der Waals surface area contributed by atoms with E-state index in [0.29, 0.717) is 0 Å². The quantitative estimate of drug-likeness (QED) is 0.817. The molecule has 2 heterocycles. The van der Waals surface area contributed by atoms with E-state index in [1.165, 1.54) is 0 Å². The number of anilines is 1. The Balaban J connectivity index is 2.33. The third kappa shape index (κ3) is 2.13. The molecule has 2 aromatic rings. The summed E-state index contributed by atoms with van der Waals surface area (Å²) >= 11 is 0. The molecular weight excluding hydrogens is 262 g/mol. The van der Waals surface area contributed by atoms with Crippen molar-refractivity contribution in [1.82, 2.24) is 9.55 Å². The molecule has 1 aliphatic heterocycles. The van der Waals surface area contributed by atoms with Crippen LogP contribution in [0.4, 0.5) is 5.69 Å². The van der Waals surface area contributed by atoms with E-state index in [4.69, 9.17) is 15.5 Å². The molecule has 0 spiro atoms. The summed E-state index contributed by atoms with van der Waals surface area (Å²) in [6, 6.07) is 6.00. The van der Waals surface area contributed by atoms with E-state index in [1.54, 1.807) is 0 Å². The molecule has 2 atom stereocenters. The van der Waals surface area contributed by atoms with Gasteiger partial charge in [-0.25, -0.2) is 4.98 Å². The first-order valence-corrected chi connectivity index (χ1v) is 7.64. The van der Waals surface area contributed by atoms with Crippen LogP contribution in [0, 0.1) is 0 Å². The van der Waals surface area contributed by atoms with Gasteiger partial charge in [0.05, 0.1) is 22.7 Å². The fourth-order valence-electron chi connectivity index (χ4n) is 3.24. The summed E-state index contributed by atoms with van der Waals surface area (Å²) in [5.74, 6) is 1.10. The minimum absolute atomic E-state index is 0.0287. The predicted octanol–water partition coefficient (Wildman–Crippen LogP) is 3.44. The van der Waals surface area contributed by atoms with Crippen LogP contribution in [0.2, 0.25) is 0 Å². The van der Waals surface area contributed by atoms with E-state index in [-0.39, 0.29) is 17.1 Å². The SMILES string of the molecule is CC1OCCC1(C)n1c(C(C)(C)C)nc2cc(N)ccc21. The molecule has 1 fully saturated rings. The number of aromatic nitrogens is 2. The molecule has 1 aromatic heterocycles. The third-order valence-corrected chi connectivity index (χ3v) is 4.71. The Bertz CT molecular complexity index is 683. The number of imidazole rings is 1. The van der Waals surface area contributed by atoms with Crippen molar-refractivity contribution in [3.8, 4) is 0 Å². The second kappa shape index (κ2) is 4.47. The first-order chi connectivity index (χ1) is 9.73. The van der Waals surface area contributed by atoms with Crippen molar-refractivity contribution in [2.75, 3.05) is 12.3 Å². The first kappa shape index (κ1) is 14.4. The lowest BCUT2D eigenvalue weighted by molar-refractivity contribution is 0.0752. The lowest BCUT2D eigenvalue weighted by atomic mass is 9.89. The number of hydrogen-bond donors (Lipinski definition) is 1. The van der Waals surface area contributed by atoms with Crippen LogP contribution >= 0.6 is 0 Å². The normalized spacial score (nSPS) is 26.6. The first-order valence-electron chi connectivity index (χ1n) is 7.64. The zero-order chi connectivity index (χ0) is 15.4. The van der Waals surface area contributed by atoms with E-state index in [2.05, 4.69) is 45.3 Å². The van der Waals surface area contributed by atoms with Crippen molar-refractivity contribution in [2.24, 2.45) is 0 Å².